The quantitative estimate of drug-likeness (QED) is 0.577. The van der Waals surface area contributed by atoms with Gasteiger partial charge in [0.1, 0.15) is 0 Å². The molecule has 0 saturated carbocycles. The van der Waals surface area contributed by atoms with Crippen LogP contribution in [0, 0.1) is 20.8 Å². The minimum absolute atomic E-state index is 0.290. The topological polar surface area (TPSA) is 95.1 Å². The average Bonchev–Trinajstić information content (AvgIpc) is 2.11. The van der Waals surface area contributed by atoms with Crippen molar-refractivity contribution in [1.29, 1.82) is 0 Å². The Bertz CT molecular complexity index is 381. The van der Waals surface area contributed by atoms with Crippen molar-refractivity contribution in [3.8, 4) is 0 Å². The number of amides is 1. The Hall–Kier alpha value is -1.71. The fourth-order valence-corrected chi connectivity index (χ4v) is 1.53. The summed E-state index contributed by atoms with van der Waals surface area (Å²) in [4.78, 5) is 11.1. The second kappa shape index (κ2) is 3.21. The van der Waals surface area contributed by atoms with E-state index in [0.29, 0.717) is 11.3 Å². The smallest absolute Gasteiger partial charge is 0.251 e. The number of rotatable bonds is 1. The molecular weight excluding hydrogens is 178 g/mol. The highest BCUT2D eigenvalue weighted by Gasteiger charge is 2.16. The van der Waals surface area contributed by atoms with Crippen molar-refractivity contribution in [2.24, 2.45) is 5.73 Å². The van der Waals surface area contributed by atoms with Gasteiger partial charge in [0.2, 0.25) is 0 Å². The highest BCUT2D eigenvalue weighted by Crippen LogP contribution is 2.30. The lowest BCUT2D eigenvalue weighted by Gasteiger charge is -2.15. The number of hydrogen-bond acceptors (Lipinski definition) is 3. The van der Waals surface area contributed by atoms with E-state index in [1.54, 1.807) is 0 Å². The van der Waals surface area contributed by atoms with Crippen molar-refractivity contribution in [3.63, 3.8) is 0 Å². The Morgan fingerprint density at radius 3 is 1.86 bits per heavy atom. The van der Waals surface area contributed by atoms with Crippen LogP contribution >= 0.6 is 0 Å². The van der Waals surface area contributed by atoms with E-state index in [1.807, 2.05) is 20.8 Å². The largest absolute Gasteiger partial charge is 0.397 e. The molecule has 0 fully saturated rings. The maximum atomic E-state index is 11.1. The molecular formula is C10H15N3O. The fraction of sp³-hybridized carbons (Fsp3) is 0.300. The number of nitrogen functional groups attached to an aromatic ring is 2. The van der Waals surface area contributed by atoms with Crippen LogP contribution in [0.3, 0.4) is 0 Å². The van der Waals surface area contributed by atoms with Gasteiger partial charge in [-0.2, -0.15) is 0 Å². The third-order valence-corrected chi connectivity index (χ3v) is 2.71. The highest BCUT2D eigenvalue weighted by molar-refractivity contribution is 6.03. The minimum Gasteiger partial charge on any atom is -0.397 e. The van der Waals surface area contributed by atoms with Crippen molar-refractivity contribution < 1.29 is 4.79 Å². The molecule has 0 aromatic heterocycles. The normalized spacial score (nSPS) is 10.2. The summed E-state index contributed by atoms with van der Waals surface area (Å²) in [5.74, 6) is -0.533. The zero-order chi connectivity index (χ0) is 11.0. The lowest BCUT2D eigenvalue weighted by molar-refractivity contribution is 0.100. The van der Waals surface area contributed by atoms with Crippen molar-refractivity contribution >= 4 is 17.3 Å². The molecule has 6 N–H and O–H groups in total. The molecule has 1 amide bonds. The molecule has 0 aliphatic heterocycles. The van der Waals surface area contributed by atoms with Gasteiger partial charge >= 0.3 is 0 Å². The van der Waals surface area contributed by atoms with Gasteiger partial charge in [-0.3, -0.25) is 4.79 Å². The number of benzene rings is 1. The van der Waals surface area contributed by atoms with Crippen molar-refractivity contribution in [3.05, 3.63) is 22.3 Å². The summed E-state index contributed by atoms with van der Waals surface area (Å²) in [5.41, 5.74) is 20.5. The highest BCUT2D eigenvalue weighted by atomic mass is 16.1. The summed E-state index contributed by atoms with van der Waals surface area (Å²) in [6.45, 7) is 5.59. The van der Waals surface area contributed by atoms with E-state index >= 15 is 0 Å². The maximum absolute atomic E-state index is 11.1. The summed E-state index contributed by atoms with van der Waals surface area (Å²) < 4.78 is 0. The molecule has 0 atom stereocenters. The average molecular weight is 193 g/mol. The van der Waals surface area contributed by atoms with Crippen molar-refractivity contribution in [2.75, 3.05) is 11.5 Å². The summed E-state index contributed by atoms with van der Waals surface area (Å²) in [5, 5.41) is 0. The Morgan fingerprint density at radius 2 is 1.43 bits per heavy atom. The predicted molar refractivity (Wildman–Crippen MR) is 58.0 cm³/mol. The Morgan fingerprint density at radius 1 is 0.929 bits per heavy atom. The first kappa shape index (κ1) is 10.4. The van der Waals surface area contributed by atoms with E-state index in [4.69, 9.17) is 17.2 Å². The van der Waals surface area contributed by atoms with Crippen LogP contribution in [0.4, 0.5) is 11.4 Å². The van der Waals surface area contributed by atoms with Gasteiger partial charge in [-0.05, 0) is 37.5 Å². The second-order valence-electron chi connectivity index (χ2n) is 3.44. The molecule has 4 nitrogen and oxygen atoms in total. The lowest BCUT2D eigenvalue weighted by atomic mass is 9.95. The molecule has 0 bridgehead atoms. The van der Waals surface area contributed by atoms with Crippen LogP contribution in [0.5, 0.6) is 0 Å². The molecule has 4 heteroatoms. The zero-order valence-electron chi connectivity index (χ0n) is 8.64. The van der Waals surface area contributed by atoms with Gasteiger partial charge in [0.25, 0.3) is 5.91 Å². The zero-order valence-corrected chi connectivity index (χ0v) is 8.64. The number of carbonyl (C=O) groups excluding carboxylic acids is 1. The first-order valence-corrected chi connectivity index (χ1v) is 4.32. The molecule has 76 valence electrons. The number of primary amides is 1. The summed E-state index contributed by atoms with van der Waals surface area (Å²) in [6, 6.07) is 0. The Balaban J connectivity index is 3.68. The van der Waals surface area contributed by atoms with Gasteiger partial charge in [-0.25, -0.2) is 0 Å². The van der Waals surface area contributed by atoms with E-state index in [1.165, 1.54) is 0 Å². The van der Waals surface area contributed by atoms with Crippen LogP contribution in [-0.2, 0) is 0 Å². The molecule has 0 radical (unpaired) electrons. The van der Waals surface area contributed by atoms with Crippen LogP contribution in [0.25, 0.3) is 0 Å². The first-order valence-electron chi connectivity index (χ1n) is 4.32. The number of anilines is 2. The lowest BCUT2D eigenvalue weighted by Crippen LogP contribution is -2.18. The van der Waals surface area contributed by atoms with Crippen LogP contribution < -0.4 is 17.2 Å². The number of carbonyl (C=O) groups is 1. The molecule has 14 heavy (non-hydrogen) atoms. The number of nitrogens with two attached hydrogens (primary N) is 3. The van der Waals surface area contributed by atoms with Crippen LogP contribution in [-0.4, -0.2) is 5.91 Å². The van der Waals surface area contributed by atoms with Crippen LogP contribution in [0.2, 0.25) is 0 Å². The molecule has 0 heterocycles. The predicted octanol–water partition coefficient (Wildman–Crippen LogP) is 0.875. The van der Waals surface area contributed by atoms with Gasteiger partial charge in [-0.1, -0.05) is 0 Å². The Labute approximate surface area is 83.1 Å². The van der Waals surface area contributed by atoms with Gasteiger partial charge in [0.15, 0.2) is 0 Å². The van der Waals surface area contributed by atoms with E-state index in [0.717, 1.165) is 16.7 Å². The van der Waals surface area contributed by atoms with Crippen LogP contribution in [0.1, 0.15) is 27.0 Å². The standard InChI is InChI=1S/C10H15N3O/c1-4-5(2)7(10(13)14)9(12)8(11)6(4)3/h11-12H2,1-3H3,(H2,13,14). The van der Waals surface area contributed by atoms with Crippen molar-refractivity contribution in [2.45, 2.75) is 20.8 Å². The summed E-state index contributed by atoms with van der Waals surface area (Å²) >= 11 is 0. The van der Waals surface area contributed by atoms with Crippen LogP contribution in [0.15, 0.2) is 0 Å². The summed E-state index contributed by atoms with van der Waals surface area (Å²) in [7, 11) is 0. The molecule has 0 aliphatic rings. The maximum Gasteiger partial charge on any atom is 0.251 e. The molecule has 1 rings (SSSR count). The van der Waals surface area contributed by atoms with Crippen molar-refractivity contribution in [1.82, 2.24) is 0 Å². The monoisotopic (exact) mass is 193 g/mol. The fourth-order valence-electron chi connectivity index (χ4n) is 1.53. The second-order valence-corrected chi connectivity index (χ2v) is 3.44. The van der Waals surface area contributed by atoms with E-state index in [2.05, 4.69) is 0 Å². The van der Waals surface area contributed by atoms with E-state index in [-0.39, 0.29) is 5.69 Å². The third-order valence-electron chi connectivity index (χ3n) is 2.71. The molecule has 0 saturated heterocycles. The van der Waals surface area contributed by atoms with E-state index < -0.39 is 5.91 Å². The number of hydrogen-bond donors (Lipinski definition) is 3. The first-order chi connectivity index (χ1) is 6.37. The molecule has 1 aromatic carbocycles. The van der Waals surface area contributed by atoms with Gasteiger partial charge in [-0.15, -0.1) is 0 Å². The van der Waals surface area contributed by atoms with Gasteiger partial charge in [0.05, 0.1) is 16.9 Å². The van der Waals surface area contributed by atoms with E-state index in [9.17, 15) is 4.79 Å². The Kier molecular flexibility index (Phi) is 2.38. The third kappa shape index (κ3) is 1.28. The molecule has 1 aromatic rings. The molecule has 0 aliphatic carbocycles. The molecule has 0 spiro atoms. The minimum atomic E-state index is -0.533. The van der Waals surface area contributed by atoms with Gasteiger partial charge < -0.3 is 17.2 Å². The molecule has 0 unspecified atom stereocenters. The van der Waals surface area contributed by atoms with Gasteiger partial charge in [0, 0.05) is 0 Å². The SMILES string of the molecule is Cc1c(C)c(N)c(N)c(C(N)=O)c1C. The summed E-state index contributed by atoms with van der Waals surface area (Å²) in [6.07, 6.45) is 0.